The van der Waals surface area contributed by atoms with Gasteiger partial charge < -0.3 is 128 Å². The highest BCUT2D eigenvalue weighted by atomic mass is 35.5. The lowest BCUT2D eigenvalue weighted by Gasteiger charge is -2.47. The summed E-state index contributed by atoms with van der Waals surface area (Å²) >= 11 is 14.1. The molecule has 2 saturated heterocycles. The number of aliphatic hydroxyl groups excluding tert-OH is 5. The molecule has 21 N–H and O–H groups in total. The van der Waals surface area contributed by atoms with Crippen molar-refractivity contribution < 1.29 is 131 Å². The maximum atomic E-state index is 16.1. The number of amides is 8. The summed E-state index contributed by atoms with van der Waals surface area (Å²) in [6.07, 6.45) is -26.5. The summed E-state index contributed by atoms with van der Waals surface area (Å²) in [7, 11) is 1.44. The van der Waals surface area contributed by atoms with Crippen LogP contribution in [0.25, 0.3) is 11.1 Å². The molecule has 5 aromatic rings. The highest BCUT2D eigenvalue weighted by Gasteiger charge is 2.52. The maximum absolute atomic E-state index is 16.1. The third kappa shape index (κ3) is 17.4. The molecule has 2 unspecified atom stereocenters. The molecule has 18 atom stereocenters. The number of halogens is 5. The highest BCUT2D eigenvalue weighted by Crippen LogP contribution is 2.50. The lowest BCUT2D eigenvalue weighted by Crippen LogP contribution is -2.65. The van der Waals surface area contributed by atoms with E-state index >= 15 is 14.4 Å². The minimum atomic E-state index is -5.51. The number of carboxylic acid groups (broad SMARTS) is 1. The van der Waals surface area contributed by atoms with Crippen molar-refractivity contribution in [3.05, 3.63) is 117 Å². The second kappa shape index (κ2) is 31.9. The van der Waals surface area contributed by atoms with E-state index in [9.17, 15) is 87.9 Å². The number of aromatic hydroxyl groups is 3. The van der Waals surface area contributed by atoms with Crippen molar-refractivity contribution in [1.82, 2.24) is 42.5 Å². The van der Waals surface area contributed by atoms with Gasteiger partial charge in [-0.1, -0.05) is 55.2 Å². The number of hydrogen-bond donors (Lipinski definition) is 19. The van der Waals surface area contributed by atoms with Gasteiger partial charge in [0.15, 0.2) is 29.9 Å². The van der Waals surface area contributed by atoms with Gasteiger partial charge in [0, 0.05) is 41.3 Å². The SMILES string of the molecule is CN[C@H](CC(C)C)C(=O)N[C@H]1C(=O)N[C@@H](CC(N)=O)C(=O)NC2C(=O)N[C@H]3C(=O)NC(C(=O)N[C@H](C(=O)O)c4cc(O)cc(O)c4-c4cc3ccc4O)[C@H](O)c3ccc(c(Cl)c3)Oc3cc2cc(c3O[C@@H]2O[C@H](CNC(=O)C(F)(F)F)[C@@H](O)[C@H](O)[C@H]2O[C@H]2C[C@](C)(N)[C@H](O)[C@H](C)O2)Oc2ccc(cc2Cl)[C@H]1O. The van der Waals surface area contributed by atoms with Crippen LogP contribution in [0.1, 0.15) is 105 Å². The highest BCUT2D eigenvalue weighted by molar-refractivity contribution is 6.32. The number of carboxylic acids is 1. The molecular formula is C68H75Cl2F3N10O24. The smallest absolute Gasteiger partial charge is 0.471 e. The molecule has 11 bridgehead atoms. The van der Waals surface area contributed by atoms with Gasteiger partial charge >= 0.3 is 18.1 Å². The van der Waals surface area contributed by atoms with E-state index < -0.39 is 265 Å². The number of carbonyl (C=O) groups is 9. The van der Waals surface area contributed by atoms with Crippen molar-refractivity contribution in [3.8, 4) is 57.1 Å². The molecule has 0 aliphatic carbocycles. The first-order chi connectivity index (χ1) is 50.2. The summed E-state index contributed by atoms with van der Waals surface area (Å²) in [6, 6.07) is -2.08. The van der Waals surface area contributed by atoms with Crippen LogP contribution in [0, 0.1) is 5.92 Å². The molecule has 107 heavy (non-hydrogen) atoms. The number of primary amides is 1. The Morgan fingerprint density at radius 3 is 1.90 bits per heavy atom. The number of ether oxygens (including phenoxy) is 6. The third-order valence-electron chi connectivity index (χ3n) is 18.3. The molecule has 576 valence electrons. The zero-order valence-corrected chi connectivity index (χ0v) is 58.4. The number of nitrogens with two attached hydrogens (primary N) is 2. The van der Waals surface area contributed by atoms with Crippen molar-refractivity contribution in [2.24, 2.45) is 17.4 Å². The number of carbonyl (C=O) groups excluding carboxylic acids is 8. The average molecular weight is 1540 g/mol. The first kappa shape index (κ1) is 79.7. The van der Waals surface area contributed by atoms with Crippen molar-refractivity contribution in [1.29, 1.82) is 0 Å². The predicted octanol–water partition coefficient (Wildman–Crippen LogP) is 0.792. The molecular weight excluding hydrogens is 1470 g/mol. The van der Waals surface area contributed by atoms with Gasteiger partial charge in [0.1, 0.15) is 89.5 Å². The quantitative estimate of drug-likeness (QED) is 0.0731. The van der Waals surface area contributed by atoms with E-state index in [0.717, 1.165) is 78.9 Å². The van der Waals surface area contributed by atoms with Crippen molar-refractivity contribution >= 4 is 76.4 Å². The molecule has 7 heterocycles. The summed E-state index contributed by atoms with van der Waals surface area (Å²) in [4.78, 5) is 129. The zero-order chi connectivity index (χ0) is 78.3. The number of aliphatic carboxylic acids is 1. The number of rotatable bonds is 14. The van der Waals surface area contributed by atoms with Crippen LogP contribution in [0.15, 0.2) is 78.9 Å². The lowest BCUT2D eigenvalue weighted by atomic mass is 9.86. The normalized spacial score (nSPS) is 28.6. The van der Waals surface area contributed by atoms with Crippen LogP contribution < -0.4 is 68.2 Å². The first-order valence-corrected chi connectivity index (χ1v) is 33.7. The van der Waals surface area contributed by atoms with E-state index in [1.54, 1.807) is 19.2 Å². The summed E-state index contributed by atoms with van der Waals surface area (Å²) in [5, 5.41) is 122. The second-order valence-electron chi connectivity index (χ2n) is 26.7. The molecule has 8 amide bonds. The van der Waals surface area contributed by atoms with Crippen molar-refractivity contribution in [2.45, 2.75) is 162 Å². The third-order valence-corrected chi connectivity index (χ3v) is 18.9. The Labute approximate surface area is 614 Å². The summed E-state index contributed by atoms with van der Waals surface area (Å²) < 4.78 is 79.4. The summed E-state index contributed by atoms with van der Waals surface area (Å²) in [5.41, 5.74) is 7.39. The Balaban J connectivity index is 1.25. The van der Waals surface area contributed by atoms with Crippen LogP contribution in [-0.2, 0) is 57.4 Å². The van der Waals surface area contributed by atoms with E-state index in [2.05, 4.69) is 37.2 Å². The Bertz CT molecular complexity index is 4330. The fourth-order valence-corrected chi connectivity index (χ4v) is 13.3. The minimum Gasteiger partial charge on any atom is -0.508 e. The molecule has 0 saturated carbocycles. The average Bonchev–Trinajstić information content (AvgIpc) is 0.771. The topological polar surface area (TPSA) is 539 Å². The first-order valence-electron chi connectivity index (χ1n) is 32.9. The second-order valence-corrected chi connectivity index (χ2v) is 27.6. The van der Waals surface area contributed by atoms with Gasteiger partial charge in [-0.2, -0.15) is 13.2 Å². The zero-order valence-electron chi connectivity index (χ0n) is 56.9. The molecule has 34 nitrogen and oxygen atoms in total. The maximum Gasteiger partial charge on any atom is 0.471 e. The Hall–Kier alpha value is -9.90. The monoisotopic (exact) mass is 1540 g/mol. The number of phenols is 3. The number of nitrogens with one attached hydrogen (secondary N) is 8. The molecule has 0 radical (unpaired) electrons. The van der Waals surface area contributed by atoms with Gasteiger partial charge in [-0.05, 0) is 110 Å². The van der Waals surface area contributed by atoms with Gasteiger partial charge in [-0.25, -0.2) is 4.79 Å². The van der Waals surface area contributed by atoms with E-state index in [0.29, 0.717) is 0 Å². The summed E-state index contributed by atoms with van der Waals surface area (Å²) in [5.74, 6) is -19.9. The Morgan fingerprint density at radius 1 is 0.720 bits per heavy atom. The van der Waals surface area contributed by atoms with Crippen LogP contribution in [0.2, 0.25) is 10.0 Å². The number of aliphatic hydroxyl groups is 5. The summed E-state index contributed by atoms with van der Waals surface area (Å²) in [6.45, 7) is 5.17. The van der Waals surface area contributed by atoms with E-state index in [4.69, 9.17) is 63.1 Å². The van der Waals surface area contributed by atoms with Crippen LogP contribution in [0.5, 0.6) is 46.0 Å². The number of benzene rings is 5. The largest absolute Gasteiger partial charge is 0.508 e. The molecule has 2 fully saturated rings. The number of fused-ring (bicyclic) bond motifs is 15. The van der Waals surface area contributed by atoms with E-state index in [1.165, 1.54) is 20.9 Å². The van der Waals surface area contributed by atoms with Gasteiger partial charge in [-0.15, -0.1) is 0 Å². The Morgan fingerprint density at radius 2 is 1.32 bits per heavy atom. The number of likely N-dealkylation sites (N-methyl/N-ethyl adjacent to an activating group) is 1. The lowest BCUT2D eigenvalue weighted by molar-refractivity contribution is -0.330. The van der Waals surface area contributed by atoms with Crippen molar-refractivity contribution in [3.63, 3.8) is 0 Å². The van der Waals surface area contributed by atoms with Crippen LogP contribution in [0.3, 0.4) is 0 Å². The molecule has 0 aromatic heterocycles. The number of phenolic OH excluding ortho intramolecular Hbond substituents is 3. The van der Waals surface area contributed by atoms with Crippen LogP contribution in [-0.4, -0.2) is 198 Å². The van der Waals surface area contributed by atoms with E-state index in [-0.39, 0.29) is 29.9 Å². The van der Waals surface area contributed by atoms with Crippen LogP contribution >= 0.6 is 23.2 Å². The molecule has 39 heteroatoms. The predicted molar refractivity (Wildman–Crippen MR) is 361 cm³/mol. The Kier molecular flexibility index (Phi) is 23.7. The van der Waals surface area contributed by atoms with Gasteiger partial charge in [0.05, 0.1) is 34.7 Å². The molecule has 5 aromatic carbocycles. The fourth-order valence-electron chi connectivity index (χ4n) is 12.8. The number of hydrogen-bond acceptors (Lipinski definition) is 25. The molecule has 12 rings (SSSR count). The molecule has 7 aliphatic heterocycles. The van der Waals surface area contributed by atoms with Gasteiger partial charge in [0.25, 0.3) is 0 Å². The van der Waals surface area contributed by atoms with E-state index in [1.807, 2.05) is 0 Å². The molecule has 7 aliphatic rings. The number of alkyl halides is 3. The van der Waals surface area contributed by atoms with Gasteiger partial charge in [0.2, 0.25) is 53.4 Å². The van der Waals surface area contributed by atoms with Crippen molar-refractivity contribution in [2.75, 3.05) is 13.6 Å². The minimum absolute atomic E-state index is 0.139. The van der Waals surface area contributed by atoms with Gasteiger partial charge in [-0.3, -0.25) is 38.4 Å². The van der Waals surface area contributed by atoms with Crippen LogP contribution in [0.4, 0.5) is 13.2 Å². The fraction of sp³-hybridized carbons (Fsp3) is 0.426. The molecule has 0 spiro atoms. The standard InChI is InChI=1S/C68H75Cl2F3N10O24/c1-23(2)12-34(76-5)58(93)82-49-51(88)26-7-10-38(32(69)14-26)103-40-16-28-17-41(55(40)107-65-56(106-44-21-67(4,75)57(92)24(3)102-44)54(91)53(90)42(105-65)22-77-66(101)68(71,72)73)104-39-11-8-27(15-33(39)70)52(89)50-63(98)81-48(64(99)100)31-18-29(84)19-37(86)45(31)30-13-25(6-9-36(30)85)46(60(95)83-50)80-61(96)47(28)79-59(94)35(20-43(74)87)78-62(49)97/h6-11,13-19,23-24,34-35,42,44,46-54,56-57,65,76,84-86,88-92H,12,20-22,75H2,1-5H3,(H2,74,87)(H,77,101)(H,78,97)(H,79,94)(H,80,96)(H,81,98)(H,82,93)(H,83,95)(H,99,100)/t24-,34+,35-,42+,44-,46+,47?,48-,49+,50?,51+,52+,53+,54-,56+,57+,65-,67-/m0/s1.